The van der Waals surface area contributed by atoms with Crippen molar-refractivity contribution in [1.82, 2.24) is 10.2 Å². The molecule has 22 heavy (non-hydrogen) atoms. The zero-order chi connectivity index (χ0) is 15.7. The number of nitro groups is 1. The highest BCUT2D eigenvalue weighted by Crippen LogP contribution is 2.35. The Bertz CT molecular complexity index is 529. The van der Waals surface area contributed by atoms with Crippen molar-refractivity contribution in [3.8, 4) is 0 Å². The van der Waals surface area contributed by atoms with Crippen LogP contribution in [0.15, 0.2) is 24.3 Å². The summed E-state index contributed by atoms with van der Waals surface area (Å²) in [6.45, 7) is 5.57. The van der Waals surface area contributed by atoms with Gasteiger partial charge in [0.2, 0.25) is 0 Å². The van der Waals surface area contributed by atoms with E-state index < -0.39 is 0 Å². The zero-order valence-corrected chi connectivity index (χ0v) is 13.4. The minimum absolute atomic E-state index is 0.159. The third-order valence-electron chi connectivity index (χ3n) is 5.14. The maximum Gasteiger partial charge on any atom is 0.269 e. The second-order valence-electron chi connectivity index (χ2n) is 6.86. The molecule has 5 heteroatoms. The SMILES string of the molecule is CC(C)N1C[C@@H]2CCCC[C@H]2N[C@H]1c1ccc([N+](=O)[O-])cc1. The first-order valence-corrected chi connectivity index (χ1v) is 8.32. The molecule has 1 N–H and O–H groups in total. The molecule has 0 unspecified atom stereocenters. The maximum atomic E-state index is 10.8. The van der Waals surface area contributed by atoms with E-state index in [1.165, 1.54) is 25.7 Å². The van der Waals surface area contributed by atoms with Gasteiger partial charge in [0.05, 0.1) is 11.1 Å². The first kappa shape index (κ1) is 15.4. The molecule has 1 saturated carbocycles. The number of hydrogen-bond donors (Lipinski definition) is 1. The molecule has 1 saturated heterocycles. The first-order valence-electron chi connectivity index (χ1n) is 8.32. The number of nitro benzene ring substituents is 1. The topological polar surface area (TPSA) is 58.4 Å². The Balaban J connectivity index is 1.83. The normalized spacial score (nSPS) is 29.3. The van der Waals surface area contributed by atoms with Gasteiger partial charge in [-0.1, -0.05) is 12.8 Å². The maximum absolute atomic E-state index is 10.8. The van der Waals surface area contributed by atoms with Gasteiger partial charge in [-0.25, -0.2) is 0 Å². The molecule has 1 aromatic rings. The van der Waals surface area contributed by atoms with Crippen molar-refractivity contribution < 1.29 is 4.92 Å². The minimum atomic E-state index is -0.338. The molecule has 1 aromatic carbocycles. The molecular formula is C17H25N3O2. The van der Waals surface area contributed by atoms with E-state index in [9.17, 15) is 10.1 Å². The molecule has 0 bridgehead atoms. The van der Waals surface area contributed by atoms with Crippen molar-refractivity contribution in [2.24, 2.45) is 5.92 Å². The highest BCUT2D eigenvalue weighted by atomic mass is 16.6. The van der Waals surface area contributed by atoms with E-state index in [4.69, 9.17) is 0 Å². The Morgan fingerprint density at radius 3 is 2.55 bits per heavy atom. The van der Waals surface area contributed by atoms with Gasteiger partial charge in [-0.2, -0.15) is 0 Å². The lowest BCUT2D eigenvalue weighted by molar-refractivity contribution is -0.384. The molecular weight excluding hydrogens is 278 g/mol. The molecule has 0 amide bonds. The van der Waals surface area contributed by atoms with Gasteiger partial charge in [0.15, 0.2) is 0 Å². The van der Waals surface area contributed by atoms with E-state index >= 15 is 0 Å². The second-order valence-corrected chi connectivity index (χ2v) is 6.86. The molecule has 0 aromatic heterocycles. The quantitative estimate of drug-likeness (QED) is 0.686. The van der Waals surface area contributed by atoms with Gasteiger partial charge in [-0.3, -0.25) is 20.3 Å². The number of hydrogen-bond acceptors (Lipinski definition) is 4. The molecule has 3 rings (SSSR count). The molecule has 1 aliphatic heterocycles. The van der Waals surface area contributed by atoms with Crippen LogP contribution in [0.1, 0.15) is 51.3 Å². The van der Waals surface area contributed by atoms with E-state index in [1.807, 2.05) is 12.1 Å². The predicted molar refractivity (Wildman–Crippen MR) is 86.6 cm³/mol. The average Bonchev–Trinajstić information content (AvgIpc) is 2.53. The van der Waals surface area contributed by atoms with Crippen molar-refractivity contribution in [2.45, 2.75) is 57.8 Å². The van der Waals surface area contributed by atoms with E-state index in [0.717, 1.165) is 18.0 Å². The van der Waals surface area contributed by atoms with Crippen LogP contribution in [0.2, 0.25) is 0 Å². The Hall–Kier alpha value is -1.46. The third-order valence-corrected chi connectivity index (χ3v) is 5.14. The standard InChI is InChI=1S/C17H25N3O2/c1-12(2)19-11-14-5-3-4-6-16(14)18-17(19)13-7-9-15(10-8-13)20(21)22/h7-10,12,14,16-18H,3-6,11H2,1-2H3/t14-,16+,17+/m0/s1. The molecule has 120 valence electrons. The molecule has 0 radical (unpaired) electrons. The first-order chi connectivity index (χ1) is 10.6. The molecule has 3 atom stereocenters. The van der Waals surface area contributed by atoms with Crippen molar-refractivity contribution in [3.05, 3.63) is 39.9 Å². The van der Waals surface area contributed by atoms with Crippen LogP contribution < -0.4 is 5.32 Å². The van der Waals surface area contributed by atoms with Crippen molar-refractivity contribution in [1.29, 1.82) is 0 Å². The largest absolute Gasteiger partial charge is 0.295 e. The van der Waals surface area contributed by atoms with Crippen LogP contribution in [0, 0.1) is 16.0 Å². The summed E-state index contributed by atoms with van der Waals surface area (Å²) >= 11 is 0. The fourth-order valence-electron chi connectivity index (χ4n) is 3.90. The summed E-state index contributed by atoms with van der Waals surface area (Å²) in [5.74, 6) is 0.741. The molecule has 0 spiro atoms. The molecule has 1 heterocycles. The van der Waals surface area contributed by atoms with Gasteiger partial charge in [0.25, 0.3) is 5.69 Å². The van der Waals surface area contributed by atoms with Crippen molar-refractivity contribution in [2.75, 3.05) is 6.54 Å². The van der Waals surface area contributed by atoms with Gasteiger partial charge in [-0.05, 0) is 50.3 Å². The number of non-ortho nitro benzene ring substituents is 1. The van der Waals surface area contributed by atoms with E-state index in [-0.39, 0.29) is 16.8 Å². The highest BCUT2D eigenvalue weighted by Gasteiger charge is 2.37. The summed E-state index contributed by atoms with van der Waals surface area (Å²) in [4.78, 5) is 13.0. The van der Waals surface area contributed by atoms with Gasteiger partial charge in [-0.15, -0.1) is 0 Å². The zero-order valence-electron chi connectivity index (χ0n) is 13.4. The van der Waals surface area contributed by atoms with Crippen LogP contribution in [0.4, 0.5) is 5.69 Å². The van der Waals surface area contributed by atoms with E-state index in [0.29, 0.717) is 12.1 Å². The van der Waals surface area contributed by atoms with Crippen molar-refractivity contribution >= 4 is 5.69 Å². The summed E-state index contributed by atoms with van der Waals surface area (Å²) in [6.07, 6.45) is 5.38. The monoisotopic (exact) mass is 303 g/mol. The number of nitrogens with one attached hydrogen (secondary N) is 1. The van der Waals surface area contributed by atoms with Crippen LogP contribution in [-0.4, -0.2) is 28.5 Å². The number of rotatable bonds is 3. The van der Waals surface area contributed by atoms with Crippen LogP contribution in [0.5, 0.6) is 0 Å². The fourth-order valence-corrected chi connectivity index (χ4v) is 3.90. The van der Waals surface area contributed by atoms with E-state index in [2.05, 4.69) is 24.1 Å². The Morgan fingerprint density at radius 2 is 1.91 bits per heavy atom. The number of nitrogens with zero attached hydrogens (tertiary/aromatic N) is 2. The van der Waals surface area contributed by atoms with Crippen LogP contribution >= 0.6 is 0 Å². The van der Waals surface area contributed by atoms with Gasteiger partial charge in [0.1, 0.15) is 0 Å². The predicted octanol–water partition coefficient (Wildman–Crippen LogP) is 3.47. The molecule has 2 fully saturated rings. The smallest absolute Gasteiger partial charge is 0.269 e. The summed E-state index contributed by atoms with van der Waals surface area (Å²) < 4.78 is 0. The Kier molecular flexibility index (Phi) is 4.45. The Labute approximate surface area is 131 Å². The molecule has 5 nitrogen and oxygen atoms in total. The number of fused-ring (bicyclic) bond motifs is 1. The van der Waals surface area contributed by atoms with Gasteiger partial charge >= 0.3 is 0 Å². The minimum Gasteiger partial charge on any atom is -0.295 e. The molecule has 2 aliphatic rings. The van der Waals surface area contributed by atoms with Crippen LogP contribution in [-0.2, 0) is 0 Å². The van der Waals surface area contributed by atoms with E-state index in [1.54, 1.807) is 12.1 Å². The van der Waals surface area contributed by atoms with Gasteiger partial charge in [0, 0.05) is 30.8 Å². The Morgan fingerprint density at radius 1 is 1.23 bits per heavy atom. The summed E-state index contributed by atoms with van der Waals surface area (Å²) in [5, 5.41) is 14.6. The lowest BCUT2D eigenvalue weighted by Crippen LogP contribution is -2.57. The third kappa shape index (κ3) is 3.01. The van der Waals surface area contributed by atoms with Crippen LogP contribution in [0.25, 0.3) is 0 Å². The van der Waals surface area contributed by atoms with Gasteiger partial charge < -0.3 is 0 Å². The number of benzene rings is 1. The van der Waals surface area contributed by atoms with Crippen molar-refractivity contribution in [3.63, 3.8) is 0 Å². The average molecular weight is 303 g/mol. The molecule has 1 aliphatic carbocycles. The fraction of sp³-hybridized carbons (Fsp3) is 0.647. The summed E-state index contributed by atoms with van der Waals surface area (Å²) in [6, 6.07) is 8.06. The lowest BCUT2D eigenvalue weighted by Gasteiger charge is -2.49. The summed E-state index contributed by atoms with van der Waals surface area (Å²) in [7, 11) is 0. The summed E-state index contributed by atoms with van der Waals surface area (Å²) in [5.41, 5.74) is 1.29. The highest BCUT2D eigenvalue weighted by molar-refractivity contribution is 5.34. The lowest BCUT2D eigenvalue weighted by atomic mass is 9.81. The second kappa shape index (κ2) is 6.34. The van der Waals surface area contributed by atoms with Crippen LogP contribution in [0.3, 0.4) is 0 Å².